The molecule has 6 N–H and O–H groups in total. The lowest BCUT2D eigenvalue weighted by Gasteiger charge is -2.65. The minimum atomic E-state index is -2.37. The molecule has 0 bridgehead atoms. The van der Waals surface area contributed by atoms with E-state index in [9.17, 15) is 39.9 Å². The fourth-order valence-electron chi connectivity index (χ4n) is 5.25. The summed E-state index contributed by atoms with van der Waals surface area (Å²) in [7, 11) is 1.18. The molecule has 0 spiro atoms. The van der Waals surface area contributed by atoms with Crippen LogP contribution in [0.15, 0.2) is 0 Å². The summed E-state index contributed by atoms with van der Waals surface area (Å²) in [6, 6.07) is 0. The summed E-state index contributed by atoms with van der Waals surface area (Å²) in [5, 5.41) is 56.7. The third-order valence-corrected chi connectivity index (χ3v) is 8.96. The summed E-state index contributed by atoms with van der Waals surface area (Å²) in [5.74, 6) is -3.79. The molecule has 208 valence electrons. The second-order valence-electron chi connectivity index (χ2n) is 10.9. The maximum absolute atomic E-state index is 12.5. The van der Waals surface area contributed by atoms with E-state index in [0.29, 0.717) is 0 Å². The van der Waals surface area contributed by atoms with Crippen molar-refractivity contribution in [2.45, 2.75) is 120 Å². The van der Waals surface area contributed by atoms with Crippen molar-refractivity contribution in [2.24, 2.45) is 0 Å². The highest BCUT2D eigenvalue weighted by atomic mass is 16.7. The van der Waals surface area contributed by atoms with Crippen molar-refractivity contribution >= 4 is 17.8 Å². The maximum atomic E-state index is 12.5. The summed E-state index contributed by atoms with van der Waals surface area (Å²) in [5.41, 5.74) is -15.2. The van der Waals surface area contributed by atoms with Crippen LogP contribution in [-0.4, -0.2) is 108 Å². The van der Waals surface area contributed by atoms with E-state index >= 15 is 0 Å². The van der Waals surface area contributed by atoms with Gasteiger partial charge in [-0.15, -0.1) is 0 Å². The molecule has 2 aliphatic rings. The van der Waals surface area contributed by atoms with Gasteiger partial charge in [-0.05, 0) is 55.4 Å². The number of carbonyl (C=O) groups is 3. The molecule has 2 heterocycles. The second-order valence-corrected chi connectivity index (χ2v) is 10.9. The molecular formula is C23H39NO12. The van der Waals surface area contributed by atoms with E-state index in [-0.39, 0.29) is 0 Å². The molecule has 0 aromatic heterocycles. The summed E-state index contributed by atoms with van der Waals surface area (Å²) in [6.45, 7) is 11.0. The molecule has 2 saturated heterocycles. The largest absolute Gasteiger partial charge is 0.479 e. The molecule has 0 aromatic carbocycles. The molecule has 1 amide bonds. The maximum Gasteiger partial charge on any atom is 0.338 e. The quantitative estimate of drug-likeness (QED) is 0.259. The number of nitrogens with one attached hydrogen (secondary N) is 1. The number of hydrogen-bond acceptors (Lipinski definition) is 10. The molecule has 2 fully saturated rings. The third-order valence-electron chi connectivity index (χ3n) is 8.96. The first kappa shape index (κ1) is 30.4. The zero-order chi connectivity index (χ0) is 28.5. The Balaban J connectivity index is 2.88. The minimum absolute atomic E-state index is 0.637. The lowest BCUT2D eigenvalue weighted by Crippen LogP contribution is -2.86. The first-order valence-electron chi connectivity index (χ1n) is 11.4. The van der Waals surface area contributed by atoms with Crippen molar-refractivity contribution < 1.29 is 58.9 Å². The Morgan fingerprint density at radius 3 is 1.81 bits per heavy atom. The van der Waals surface area contributed by atoms with Gasteiger partial charge in [0, 0.05) is 14.0 Å². The number of aliphatic hydroxyl groups excluding tert-OH is 1. The van der Waals surface area contributed by atoms with Crippen LogP contribution in [0.5, 0.6) is 0 Å². The number of aliphatic hydroxyl groups is 3. The molecule has 13 heteroatoms. The first-order valence-corrected chi connectivity index (χ1v) is 11.4. The van der Waals surface area contributed by atoms with E-state index in [1.54, 1.807) is 0 Å². The van der Waals surface area contributed by atoms with Crippen LogP contribution >= 0.6 is 0 Å². The van der Waals surface area contributed by atoms with Gasteiger partial charge >= 0.3 is 11.9 Å². The van der Waals surface area contributed by atoms with Crippen molar-refractivity contribution in [3.63, 3.8) is 0 Å². The molecule has 36 heavy (non-hydrogen) atoms. The molecular weight excluding hydrogens is 482 g/mol. The number of amides is 1. The number of carbonyl (C=O) groups excluding carboxylic acids is 1. The third kappa shape index (κ3) is 3.59. The van der Waals surface area contributed by atoms with E-state index in [0.717, 1.165) is 27.7 Å². The lowest BCUT2D eigenvalue weighted by molar-refractivity contribution is -0.425. The summed E-state index contributed by atoms with van der Waals surface area (Å²) in [4.78, 5) is 37.0. The van der Waals surface area contributed by atoms with Crippen molar-refractivity contribution in [3.05, 3.63) is 0 Å². The fraction of sp³-hybridized carbons (Fsp3) is 0.870. The summed E-state index contributed by atoms with van der Waals surface area (Å²) in [6.07, 6.45) is -4.91. The predicted molar refractivity (Wildman–Crippen MR) is 122 cm³/mol. The van der Waals surface area contributed by atoms with Gasteiger partial charge in [0.2, 0.25) is 5.91 Å². The second kappa shape index (κ2) is 8.58. The monoisotopic (exact) mass is 521 g/mol. The van der Waals surface area contributed by atoms with E-state index in [2.05, 4.69) is 5.32 Å². The van der Waals surface area contributed by atoms with Gasteiger partial charge in [-0.3, -0.25) is 4.79 Å². The average Bonchev–Trinajstić information content (AvgIpc) is 2.74. The smallest absolute Gasteiger partial charge is 0.338 e. The number of carboxylic acid groups (broad SMARTS) is 2. The van der Waals surface area contributed by atoms with Crippen LogP contribution in [0, 0.1) is 0 Å². The van der Waals surface area contributed by atoms with Gasteiger partial charge in [-0.25, -0.2) is 9.59 Å². The molecule has 10 atom stereocenters. The SMILES string of the molecule is COC1(C)C(O)C(C)(C(=O)O)OC(OC2(C)C(C)(C(=O)O)OC(C)C(C)(O)C2(C)O)C1(C)NC(C)=O. The van der Waals surface area contributed by atoms with Crippen molar-refractivity contribution in [1.82, 2.24) is 5.32 Å². The van der Waals surface area contributed by atoms with Crippen molar-refractivity contribution in [1.29, 1.82) is 0 Å². The van der Waals surface area contributed by atoms with Crippen LogP contribution in [0.25, 0.3) is 0 Å². The van der Waals surface area contributed by atoms with Gasteiger partial charge in [0.25, 0.3) is 0 Å². The van der Waals surface area contributed by atoms with Crippen molar-refractivity contribution in [2.75, 3.05) is 7.11 Å². The molecule has 0 aromatic rings. The molecule has 10 unspecified atom stereocenters. The fourth-order valence-corrected chi connectivity index (χ4v) is 5.25. The highest BCUT2D eigenvalue weighted by Crippen LogP contribution is 2.54. The molecule has 13 nitrogen and oxygen atoms in total. The van der Waals surface area contributed by atoms with E-state index in [1.807, 2.05) is 0 Å². The van der Waals surface area contributed by atoms with Gasteiger partial charge in [0.1, 0.15) is 34.0 Å². The number of aliphatic carboxylic acids is 2. The number of carboxylic acids is 2. The normalized spacial score (nSPS) is 51.4. The molecule has 0 aliphatic carbocycles. The molecule has 0 radical (unpaired) electrons. The van der Waals surface area contributed by atoms with E-state index < -0.39 is 75.5 Å². The number of methoxy groups -OCH3 is 1. The van der Waals surface area contributed by atoms with Gasteiger partial charge in [0.05, 0.1) is 6.10 Å². The van der Waals surface area contributed by atoms with Crippen LogP contribution in [0.2, 0.25) is 0 Å². The van der Waals surface area contributed by atoms with Gasteiger partial charge in [0.15, 0.2) is 17.5 Å². The summed E-state index contributed by atoms with van der Waals surface area (Å²) >= 11 is 0. The molecule has 2 rings (SSSR count). The molecule has 0 saturated carbocycles. The van der Waals surface area contributed by atoms with Gasteiger partial charge in [-0.1, -0.05) is 0 Å². The lowest BCUT2D eigenvalue weighted by atomic mass is 9.61. The Bertz CT molecular complexity index is 938. The Morgan fingerprint density at radius 2 is 1.42 bits per heavy atom. The van der Waals surface area contributed by atoms with Crippen molar-refractivity contribution in [3.8, 4) is 0 Å². The zero-order valence-electron chi connectivity index (χ0n) is 22.3. The number of ether oxygens (including phenoxy) is 4. The van der Waals surface area contributed by atoms with Gasteiger partial charge in [-0.2, -0.15) is 0 Å². The predicted octanol–water partition coefficient (Wildman–Crippen LogP) is -0.614. The first-order chi connectivity index (χ1) is 16.0. The Hall–Kier alpha value is -1.87. The minimum Gasteiger partial charge on any atom is -0.479 e. The summed E-state index contributed by atoms with van der Waals surface area (Å²) < 4.78 is 23.3. The topological polar surface area (TPSA) is 201 Å². The highest BCUT2D eigenvalue weighted by Gasteiger charge is 2.76. The number of hydrogen-bond donors (Lipinski definition) is 6. The Morgan fingerprint density at radius 1 is 0.917 bits per heavy atom. The van der Waals surface area contributed by atoms with Crippen LogP contribution in [-0.2, 0) is 33.3 Å². The van der Waals surface area contributed by atoms with Gasteiger partial charge < -0.3 is 49.8 Å². The Labute approximate surface area is 209 Å². The van der Waals surface area contributed by atoms with E-state index in [4.69, 9.17) is 18.9 Å². The number of rotatable bonds is 6. The van der Waals surface area contributed by atoms with Crippen LogP contribution in [0.1, 0.15) is 62.3 Å². The highest BCUT2D eigenvalue weighted by molar-refractivity contribution is 5.80. The molecule has 2 aliphatic heterocycles. The Kier molecular flexibility index (Phi) is 7.24. The van der Waals surface area contributed by atoms with Crippen LogP contribution in [0.3, 0.4) is 0 Å². The standard InChI is InChI=1S/C23H39NO12/c1-11-19(5,31)22(8,32)23(9,21(7,34-11)15(29)30)36-16-18(4,24-12(2)25)20(6,33-10)13(26)17(3,35-16)14(27)28/h11,13,16,26,31-32H,1-10H3,(H,24,25)(H,27,28)(H,29,30). The van der Waals surface area contributed by atoms with Crippen LogP contribution < -0.4 is 5.32 Å². The van der Waals surface area contributed by atoms with E-state index in [1.165, 1.54) is 41.7 Å². The zero-order valence-corrected chi connectivity index (χ0v) is 22.3. The average molecular weight is 522 g/mol. The van der Waals surface area contributed by atoms with Crippen LogP contribution in [0.4, 0.5) is 0 Å².